The van der Waals surface area contributed by atoms with Crippen molar-refractivity contribution in [3.05, 3.63) is 35.4 Å². The van der Waals surface area contributed by atoms with Crippen molar-refractivity contribution < 1.29 is 9.90 Å². The van der Waals surface area contributed by atoms with Crippen LogP contribution in [-0.4, -0.2) is 17.6 Å². The van der Waals surface area contributed by atoms with Gasteiger partial charge < -0.3 is 10.4 Å². The predicted molar refractivity (Wildman–Crippen MR) is 75.6 cm³/mol. The van der Waals surface area contributed by atoms with Crippen LogP contribution >= 0.6 is 0 Å². The highest BCUT2D eigenvalue weighted by Crippen LogP contribution is 2.45. The van der Waals surface area contributed by atoms with Crippen molar-refractivity contribution >= 4 is 5.91 Å². The number of carbonyl (C=O) groups excluding carboxylic acids is 1. The lowest BCUT2D eigenvalue weighted by Crippen LogP contribution is -2.33. The van der Waals surface area contributed by atoms with Crippen molar-refractivity contribution in [3.8, 4) is 0 Å². The van der Waals surface area contributed by atoms with Gasteiger partial charge in [-0.3, -0.25) is 4.79 Å². The van der Waals surface area contributed by atoms with E-state index >= 15 is 0 Å². The van der Waals surface area contributed by atoms with Crippen LogP contribution in [0, 0.1) is 11.3 Å². The summed E-state index contributed by atoms with van der Waals surface area (Å²) >= 11 is 0. The Hall–Kier alpha value is -1.35. The van der Waals surface area contributed by atoms with Gasteiger partial charge in [-0.15, -0.1) is 0 Å². The van der Waals surface area contributed by atoms with Crippen LogP contribution in [0.15, 0.2) is 24.3 Å². The highest BCUT2D eigenvalue weighted by molar-refractivity contribution is 5.85. The van der Waals surface area contributed by atoms with E-state index in [0.717, 1.165) is 24.8 Å². The zero-order valence-corrected chi connectivity index (χ0v) is 11.8. The van der Waals surface area contributed by atoms with Crippen LogP contribution < -0.4 is 5.32 Å². The van der Waals surface area contributed by atoms with Gasteiger partial charge in [0.25, 0.3) is 0 Å². The first kappa shape index (κ1) is 14.1. The van der Waals surface area contributed by atoms with Crippen LogP contribution in [0.25, 0.3) is 0 Å². The summed E-state index contributed by atoms with van der Waals surface area (Å²) in [5, 5.41) is 12.1. The molecule has 0 atom stereocenters. The zero-order valence-electron chi connectivity index (χ0n) is 11.8. The Morgan fingerprint density at radius 3 is 2.32 bits per heavy atom. The molecule has 1 aliphatic rings. The first-order valence-electron chi connectivity index (χ1n) is 7.03. The molecule has 3 nitrogen and oxygen atoms in total. The molecule has 1 aromatic rings. The Labute approximate surface area is 115 Å². The van der Waals surface area contributed by atoms with Gasteiger partial charge in [0.05, 0.1) is 12.0 Å². The van der Waals surface area contributed by atoms with E-state index in [-0.39, 0.29) is 12.5 Å². The van der Waals surface area contributed by atoms with Crippen LogP contribution in [0.5, 0.6) is 0 Å². The van der Waals surface area contributed by atoms with Crippen molar-refractivity contribution in [2.45, 2.75) is 39.7 Å². The minimum absolute atomic E-state index is 0.0127. The second kappa shape index (κ2) is 5.74. The number of aliphatic hydroxyl groups is 1. The second-order valence-corrected chi connectivity index (χ2v) is 6.04. The van der Waals surface area contributed by atoms with Gasteiger partial charge in [-0.1, -0.05) is 38.1 Å². The average Bonchev–Trinajstić information content (AvgIpc) is 3.18. The second-order valence-electron chi connectivity index (χ2n) is 6.04. The monoisotopic (exact) mass is 261 g/mol. The number of amides is 1. The number of nitrogens with one attached hydrogen (secondary N) is 1. The normalized spacial score (nSPS) is 16.4. The molecule has 0 bridgehead atoms. The quantitative estimate of drug-likeness (QED) is 0.825. The van der Waals surface area contributed by atoms with Crippen molar-refractivity contribution in [1.82, 2.24) is 5.32 Å². The molecule has 0 radical (unpaired) electrons. The van der Waals surface area contributed by atoms with Crippen molar-refractivity contribution in [2.75, 3.05) is 6.61 Å². The number of hydrogen-bond acceptors (Lipinski definition) is 2. The molecular formula is C16H23NO2. The summed E-state index contributed by atoms with van der Waals surface area (Å²) < 4.78 is 0. The van der Waals surface area contributed by atoms with E-state index in [9.17, 15) is 9.90 Å². The third-order valence-corrected chi connectivity index (χ3v) is 3.76. The van der Waals surface area contributed by atoms with Gasteiger partial charge >= 0.3 is 0 Å². The van der Waals surface area contributed by atoms with Gasteiger partial charge in [0.15, 0.2) is 0 Å². The van der Waals surface area contributed by atoms with E-state index < -0.39 is 5.41 Å². The van der Waals surface area contributed by atoms with Gasteiger partial charge in [0.1, 0.15) is 0 Å². The molecule has 104 valence electrons. The molecule has 1 aromatic carbocycles. The summed E-state index contributed by atoms with van der Waals surface area (Å²) in [6, 6.07) is 8.38. The van der Waals surface area contributed by atoms with Crippen LogP contribution in [0.4, 0.5) is 0 Å². The molecule has 0 unspecified atom stereocenters. The van der Waals surface area contributed by atoms with E-state index in [1.807, 2.05) is 0 Å². The highest BCUT2D eigenvalue weighted by atomic mass is 16.3. The van der Waals surface area contributed by atoms with Gasteiger partial charge in [0.2, 0.25) is 5.91 Å². The van der Waals surface area contributed by atoms with Gasteiger partial charge in [-0.2, -0.15) is 0 Å². The molecule has 2 rings (SSSR count). The third kappa shape index (κ3) is 3.57. The van der Waals surface area contributed by atoms with E-state index in [2.05, 4.69) is 43.4 Å². The molecule has 3 heteroatoms. The van der Waals surface area contributed by atoms with Crippen molar-refractivity contribution in [3.63, 3.8) is 0 Å². The smallest absolute Gasteiger partial charge is 0.228 e. The lowest BCUT2D eigenvalue weighted by molar-refractivity contribution is -0.127. The Kier molecular flexibility index (Phi) is 4.25. The Bertz CT molecular complexity index is 433. The lowest BCUT2D eigenvalue weighted by Gasteiger charge is -2.12. The summed E-state index contributed by atoms with van der Waals surface area (Å²) in [7, 11) is 0. The van der Waals surface area contributed by atoms with Gasteiger partial charge in [-0.05, 0) is 36.3 Å². The average molecular weight is 261 g/mol. The SMILES string of the molecule is CC(C)Cc1ccc(CNC(=O)C2(CO)CC2)cc1. The summed E-state index contributed by atoms with van der Waals surface area (Å²) in [4.78, 5) is 11.9. The Morgan fingerprint density at radius 2 is 1.84 bits per heavy atom. The molecule has 0 saturated heterocycles. The fourth-order valence-electron chi connectivity index (χ4n) is 2.24. The fourth-order valence-corrected chi connectivity index (χ4v) is 2.24. The molecule has 0 heterocycles. The van der Waals surface area contributed by atoms with Crippen molar-refractivity contribution in [2.24, 2.45) is 11.3 Å². The molecule has 1 amide bonds. The molecule has 1 saturated carbocycles. The van der Waals surface area contributed by atoms with E-state index in [0.29, 0.717) is 12.5 Å². The van der Waals surface area contributed by atoms with Crippen molar-refractivity contribution in [1.29, 1.82) is 0 Å². The molecule has 2 N–H and O–H groups in total. The number of aliphatic hydroxyl groups excluding tert-OH is 1. The maximum atomic E-state index is 11.9. The van der Waals surface area contributed by atoms with Crippen LogP contribution in [0.3, 0.4) is 0 Å². The van der Waals surface area contributed by atoms with E-state index in [4.69, 9.17) is 0 Å². The van der Waals surface area contributed by atoms with Crippen LogP contribution in [0.1, 0.15) is 37.8 Å². The first-order valence-corrected chi connectivity index (χ1v) is 7.03. The molecule has 1 fully saturated rings. The number of benzene rings is 1. The first-order chi connectivity index (χ1) is 9.05. The largest absolute Gasteiger partial charge is 0.395 e. The summed E-state index contributed by atoms with van der Waals surface area (Å²) in [5.74, 6) is 0.645. The minimum Gasteiger partial charge on any atom is -0.395 e. The molecule has 19 heavy (non-hydrogen) atoms. The summed E-state index contributed by atoms with van der Waals surface area (Å²) in [6.07, 6.45) is 2.70. The third-order valence-electron chi connectivity index (χ3n) is 3.76. The summed E-state index contributed by atoms with van der Waals surface area (Å²) in [6.45, 7) is 4.92. The highest BCUT2D eigenvalue weighted by Gasteiger charge is 2.49. The topological polar surface area (TPSA) is 49.3 Å². The van der Waals surface area contributed by atoms with E-state index in [1.165, 1.54) is 5.56 Å². The van der Waals surface area contributed by atoms with Crippen LogP contribution in [0.2, 0.25) is 0 Å². The number of rotatable bonds is 6. The summed E-state index contributed by atoms with van der Waals surface area (Å²) in [5.41, 5.74) is 1.96. The zero-order chi connectivity index (χ0) is 13.9. The lowest BCUT2D eigenvalue weighted by atomic mass is 10.0. The minimum atomic E-state index is -0.475. The van der Waals surface area contributed by atoms with Gasteiger partial charge in [-0.25, -0.2) is 0 Å². The van der Waals surface area contributed by atoms with E-state index in [1.54, 1.807) is 0 Å². The predicted octanol–water partition coefficient (Wildman–Crippen LogP) is 2.27. The van der Waals surface area contributed by atoms with Crippen LogP contribution in [-0.2, 0) is 17.8 Å². The Balaban J connectivity index is 1.85. The molecule has 0 aliphatic heterocycles. The number of carbonyl (C=O) groups is 1. The Morgan fingerprint density at radius 1 is 1.26 bits per heavy atom. The van der Waals surface area contributed by atoms with Gasteiger partial charge in [0, 0.05) is 6.54 Å². The number of hydrogen-bond donors (Lipinski definition) is 2. The maximum Gasteiger partial charge on any atom is 0.228 e. The molecule has 1 aliphatic carbocycles. The standard InChI is InChI=1S/C16H23NO2/c1-12(2)9-13-3-5-14(6-4-13)10-17-15(19)16(11-18)7-8-16/h3-6,12,18H,7-11H2,1-2H3,(H,17,19). The fraction of sp³-hybridized carbons (Fsp3) is 0.562. The molecular weight excluding hydrogens is 238 g/mol. The molecule has 0 aromatic heterocycles. The molecule has 0 spiro atoms. The maximum absolute atomic E-state index is 11.9.